The summed E-state index contributed by atoms with van der Waals surface area (Å²) in [5.74, 6) is 1.59. The van der Waals surface area contributed by atoms with Gasteiger partial charge in [-0.15, -0.1) is 21.5 Å². The lowest BCUT2D eigenvalue weighted by atomic mass is 10.00. The molecule has 2 aromatic heterocycles. The molecule has 1 atom stereocenters. The molecule has 1 aromatic carbocycles. The van der Waals surface area contributed by atoms with Crippen LogP contribution >= 0.6 is 22.9 Å². The molecule has 1 unspecified atom stereocenters. The standard InChI is InChI=1S/C26H32ClN7OS/c1-16-17(2)36-26-23(16)24(19-5-7-20(27)8-6-19)29-21(25-31-30-18(3)34(25)26)15-28-22(35)9-10-33-13-11-32(4)12-14-33/h5-8,21H,9-15H2,1-4H3,(H,28,35). The van der Waals surface area contributed by atoms with E-state index < -0.39 is 0 Å². The predicted octanol–water partition coefficient (Wildman–Crippen LogP) is 3.55. The van der Waals surface area contributed by atoms with Gasteiger partial charge in [-0.05, 0) is 45.5 Å². The first kappa shape index (κ1) is 25.1. The highest BCUT2D eigenvalue weighted by atomic mass is 35.5. The molecule has 0 aliphatic carbocycles. The minimum Gasteiger partial charge on any atom is -0.353 e. The molecule has 2 aliphatic rings. The summed E-state index contributed by atoms with van der Waals surface area (Å²) < 4.78 is 2.10. The molecular formula is C26H32ClN7OS. The lowest BCUT2D eigenvalue weighted by Crippen LogP contribution is -2.45. The third kappa shape index (κ3) is 4.98. The number of thiophene rings is 1. The number of carbonyl (C=O) groups excluding carboxylic acids is 1. The molecule has 5 rings (SSSR count). The first-order chi connectivity index (χ1) is 17.3. The summed E-state index contributed by atoms with van der Waals surface area (Å²) in [5.41, 5.74) is 4.17. The maximum absolute atomic E-state index is 12.8. The predicted molar refractivity (Wildman–Crippen MR) is 145 cm³/mol. The molecule has 3 aromatic rings. The van der Waals surface area contributed by atoms with Crippen LogP contribution in [0.15, 0.2) is 29.3 Å². The summed E-state index contributed by atoms with van der Waals surface area (Å²) in [7, 11) is 2.14. The average Bonchev–Trinajstić information content (AvgIpc) is 3.34. The number of hydrogen-bond acceptors (Lipinski definition) is 7. The van der Waals surface area contributed by atoms with E-state index in [1.165, 1.54) is 10.4 Å². The largest absolute Gasteiger partial charge is 0.353 e. The Labute approximate surface area is 221 Å². The van der Waals surface area contributed by atoms with Gasteiger partial charge in [-0.1, -0.05) is 23.7 Å². The molecule has 1 fully saturated rings. The number of carbonyl (C=O) groups is 1. The van der Waals surface area contributed by atoms with Crippen molar-refractivity contribution < 1.29 is 4.79 Å². The Hall–Kier alpha value is -2.59. The summed E-state index contributed by atoms with van der Waals surface area (Å²) in [5, 5.41) is 13.8. The van der Waals surface area contributed by atoms with E-state index in [0.29, 0.717) is 18.0 Å². The van der Waals surface area contributed by atoms with Gasteiger partial charge in [0.15, 0.2) is 5.82 Å². The van der Waals surface area contributed by atoms with Gasteiger partial charge in [0, 0.05) is 66.7 Å². The average molecular weight is 526 g/mol. The molecule has 8 nitrogen and oxygen atoms in total. The van der Waals surface area contributed by atoms with Crippen molar-refractivity contribution in [3.05, 3.63) is 62.5 Å². The molecule has 1 N–H and O–H groups in total. The van der Waals surface area contributed by atoms with Crippen LogP contribution in [-0.2, 0) is 4.79 Å². The van der Waals surface area contributed by atoms with E-state index in [1.54, 1.807) is 11.3 Å². The van der Waals surface area contributed by atoms with Gasteiger partial charge in [0.25, 0.3) is 0 Å². The molecule has 190 valence electrons. The number of benzene rings is 1. The van der Waals surface area contributed by atoms with Gasteiger partial charge in [-0.25, -0.2) is 0 Å². The third-order valence-electron chi connectivity index (χ3n) is 7.10. The van der Waals surface area contributed by atoms with E-state index in [9.17, 15) is 4.79 Å². The number of rotatable bonds is 6. The summed E-state index contributed by atoms with van der Waals surface area (Å²) in [6, 6.07) is 7.42. The Morgan fingerprint density at radius 1 is 1.11 bits per heavy atom. The fourth-order valence-electron chi connectivity index (χ4n) is 4.76. The SMILES string of the molecule is Cc1sc2c(c1C)C(c1ccc(Cl)cc1)=NC(CNC(=O)CCN1CCN(C)CC1)c1nnc(C)n1-2. The number of fused-ring (bicyclic) bond motifs is 3. The van der Waals surface area contributed by atoms with Crippen molar-refractivity contribution >= 4 is 34.6 Å². The number of aryl methyl sites for hydroxylation is 2. The van der Waals surface area contributed by atoms with Crippen molar-refractivity contribution in [1.29, 1.82) is 0 Å². The van der Waals surface area contributed by atoms with Crippen molar-refractivity contribution in [3.8, 4) is 5.00 Å². The molecule has 36 heavy (non-hydrogen) atoms. The van der Waals surface area contributed by atoms with Crippen LogP contribution in [0.3, 0.4) is 0 Å². The molecule has 1 amide bonds. The Balaban J connectivity index is 1.42. The fraction of sp³-hybridized carbons (Fsp3) is 0.462. The van der Waals surface area contributed by atoms with Crippen LogP contribution in [0.25, 0.3) is 5.00 Å². The highest BCUT2D eigenvalue weighted by molar-refractivity contribution is 7.15. The number of piperazine rings is 1. The second-order valence-electron chi connectivity index (χ2n) is 9.60. The van der Waals surface area contributed by atoms with E-state index in [2.05, 4.69) is 50.8 Å². The number of nitrogens with one attached hydrogen (secondary N) is 1. The van der Waals surface area contributed by atoms with E-state index in [1.807, 2.05) is 31.2 Å². The number of amides is 1. The highest BCUT2D eigenvalue weighted by Gasteiger charge is 2.31. The van der Waals surface area contributed by atoms with Gasteiger partial charge in [0.05, 0.1) is 5.71 Å². The van der Waals surface area contributed by atoms with Gasteiger partial charge < -0.3 is 15.1 Å². The molecular weight excluding hydrogens is 494 g/mol. The maximum Gasteiger partial charge on any atom is 0.221 e. The van der Waals surface area contributed by atoms with Crippen molar-refractivity contribution in [2.24, 2.45) is 4.99 Å². The van der Waals surface area contributed by atoms with Crippen LogP contribution in [0.2, 0.25) is 5.02 Å². The van der Waals surface area contributed by atoms with Gasteiger partial charge in [0.2, 0.25) is 5.91 Å². The van der Waals surface area contributed by atoms with Gasteiger partial charge in [-0.2, -0.15) is 0 Å². The third-order valence-corrected chi connectivity index (χ3v) is 8.55. The topological polar surface area (TPSA) is 78.7 Å². The smallest absolute Gasteiger partial charge is 0.221 e. The monoisotopic (exact) mass is 525 g/mol. The molecule has 0 radical (unpaired) electrons. The zero-order valence-corrected chi connectivity index (χ0v) is 22.8. The molecule has 10 heteroatoms. The maximum atomic E-state index is 12.8. The Bertz CT molecular complexity index is 1290. The van der Waals surface area contributed by atoms with Crippen molar-refractivity contribution in [2.45, 2.75) is 33.2 Å². The minimum atomic E-state index is -0.358. The summed E-state index contributed by atoms with van der Waals surface area (Å²) in [6.07, 6.45) is 0.474. The van der Waals surface area contributed by atoms with E-state index in [-0.39, 0.29) is 11.9 Å². The Morgan fingerprint density at radius 3 is 2.56 bits per heavy atom. The Morgan fingerprint density at radius 2 is 1.83 bits per heavy atom. The lowest BCUT2D eigenvalue weighted by Gasteiger charge is -2.32. The normalized spacial score (nSPS) is 18.4. The van der Waals surface area contributed by atoms with Crippen LogP contribution in [-0.4, -0.2) is 82.5 Å². The minimum absolute atomic E-state index is 0.0333. The van der Waals surface area contributed by atoms with Crippen LogP contribution in [0.1, 0.15) is 45.7 Å². The molecule has 2 aliphatic heterocycles. The number of hydrogen-bond donors (Lipinski definition) is 1. The van der Waals surface area contributed by atoms with Crippen LogP contribution in [0.4, 0.5) is 0 Å². The van der Waals surface area contributed by atoms with Crippen LogP contribution in [0, 0.1) is 20.8 Å². The van der Waals surface area contributed by atoms with E-state index in [4.69, 9.17) is 16.6 Å². The lowest BCUT2D eigenvalue weighted by molar-refractivity contribution is -0.121. The number of aromatic nitrogens is 3. The second kappa shape index (κ2) is 10.4. The summed E-state index contributed by atoms with van der Waals surface area (Å²) >= 11 is 7.91. The number of nitrogens with zero attached hydrogens (tertiary/aromatic N) is 6. The molecule has 1 saturated heterocycles. The zero-order chi connectivity index (χ0) is 25.4. The van der Waals surface area contributed by atoms with Gasteiger partial charge in [0.1, 0.15) is 16.9 Å². The van der Waals surface area contributed by atoms with Crippen LogP contribution in [0.5, 0.6) is 0 Å². The molecule has 0 saturated carbocycles. The second-order valence-corrected chi connectivity index (χ2v) is 11.2. The van der Waals surface area contributed by atoms with Gasteiger partial charge in [-0.3, -0.25) is 14.4 Å². The van der Waals surface area contributed by atoms with E-state index in [0.717, 1.165) is 66.2 Å². The quantitative estimate of drug-likeness (QED) is 0.532. The first-order valence-electron chi connectivity index (χ1n) is 12.4. The fourth-order valence-corrected chi connectivity index (χ4v) is 6.10. The van der Waals surface area contributed by atoms with Crippen molar-refractivity contribution in [1.82, 2.24) is 29.9 Å². The van der Waals surface area contributed by atoms with Crippen molar-refractivity contribution in [3.63, 3.8) is 0 Å². The molecule has 4 heterocycles. The zero-order valence-electron chi connectivity index (χ0n) is 21.2. The number of likely N-dealkylation sites (N-methyl/N-ethyl adjacent to an activating group) is 1. The molecule has 0 spiro atoms. The van der Waals surface area contributed by atoms with E-state index >= 15 is 0 Å². The summed E-state index contributed by atoms with van der Waals surface area (Å²) in [4.78, 5) is 23.9. The molecule has 0 bridgehead atoms. The number of aliphatic imine (C=N–C) groups is 1. The highest BCUT2D eigenvalue weighted by Crippen LogP contribution is 2.38. The number of halogens is 1. The van der Waals surface area contributed by atoms with Gasteiger partial charge >= 0.3 is 0 Å². The van der Waals surface area contributed by atoms with Crippen LogP contribution < -0.4 is 5.32 Å². The first-order valence-corrected chi connectivity index (χ1v) is 13.5. The Kier molecular flexibility index (Phi) is 7.25. The van der Waals surface area contributed by atoms with Crippen molar-refractivity contribution in [2.75, 3.05) is 46.3 Å². The summed E-state index contributed by atoms with van der Waals surface area (Å²) in [6.45, 7) is 11.5.